The minimum Gasteiger partial charge on any atom is -0.444 e. The van der Waals surface area contributed by atoms with E-state index < -0.39 is 5.60 Å². The van der Waals surface area contributed by atoms with Crippen molar-refractivity contribution in [1.29, 1.82) is 0 Å². The van der Waals surface area contributed by atoms with Crippen molar-refractivity contribution < 1.29 is 9.53 Å². The SMILES string of the molecule is Cc1ccc2ncc(-c3ncc(N)c(NC4CCC(NC(=O)OC(C)(C)C)CC4)n3)n2c1. The van der Waals surface area contributed by atoms with Crippen LogP contribution in [0.5, 0.6) is 0 Å². The van der Waals surface area contributed by atoms with Gasteiger partial charge in [-0.05, 0) is 65.0 Å². The van der Waals surface area contributed by atoms with Crippen LogP contribution in [0, 0.1) is 6.92 Å². The van der Waals surface area contributed by atoms with Gasteiger partial charge in [-0.3, -0.25) is 4.40 Å². The highest BCUT2D eigenvalue weighted by atomic mass is 16.6. The zero-order valence-electron chi connectivity index (χ0n) is 19.1. The number of nitrogens with one attached hydrogen (secondary N) is 2. The number of aromatic nitrogens is 4. The first kappa shape index (κ1) is 21.9. The number of pyridine rings is 1. The van der Waals surface area contributed by atoms with Crippen molar-refractivity contribution in [2.45, 2.75) is 71.1 Å². The Morgan fingerprint density at radius 3 is 2.56 bits per heavy atom. The molecule has 0 aliphatic heterocycles. The zero-order valence-corrected chi connectivity index (χ0v) is 19.1. The van der Waals surface area contributed by atoms with Gasteiger partial charge >= 0.3 is 6.09 Å². The Balaban J connectivity index is 1.41. The smallest absolute Gasteiger partial charge is 0.407 e. The minimum absolute atomic E-state index is 0.114. The van der Waals surface area contributed by atoms with Crippen LogP contribution >= 0.6 is 0 Å². The van der Waals surface area contributed by atoms with Crippen LogP contribution in [0.15, 0.2) is 30.7 Å². The first-order valence-corrected chi connectivity index (χ1v) is 11.0. The van der Waals surface area contributed by atoms with Gasteiger partial charge in [0.2, 0.25) is 0 Å². The average Bonchev–Trinajstić information content (AvgIpc) is 3.12. The number of anilines is 2. The lowest BCUT2D eigenvalue weighted by atomic mass is 9.91. The molecule has 4 N–H and O–H groups in total. The number of nitrogens with two attached hydrogens (primary N) is 1. The Kier molecular flexibility index (Phi) is 5.90. The van der Waals surface area contributed by atoms with Gasteiger partial charge in [0.15, 0.2) is 11.6 Å². The lowest BCUT2D eigenvalue weighted by molar-refractivity contribution is 0.0492. The summed E-state index contributed by atoms with van der Waals surface area (Å²) in [5.74, 6) is 1.20. The molecule has 1 aliphatic carbocycles. The van der Waals surface area contributed by atoms with Crippen molar-refractivity contribution in [2.24, 2.45) is 0 Å². The van der Waals surface area contributed by atoms with E-state index in [1.54, 1.807) is 12.4 Å². The molecule has 0 atom stereocenters. The summed E-state index contributed by atoms with van der Waals surface area (Å²) >= 11 is 0. The molecule has 0 saturated heterocycles. The fourth-order valence-corrected chi connectivity index (χ4v) is 3.93. The molecule has 3 aromatic heterocycles. The maximum Gasteiger partial charge on any atom is 0.407 e. The second-order valence-electron chi connectivity index (χ2n) is 9.41. The molecule has 1 aliphatic rings. The number of carbonyl (C=O) groups excluding carboxylic acids is 1. The number of fused-ring (bicyclic) bond motifs is 1. The summed E-state index contributed by atoms with van der Waals surface area (Å²) in [7, 11) is 0. The molecule has 0 unspecified atom stereocenters. The topological polar surface area (TPSA) is 119 Å². The van der Waals surface area contributed by atoms with Crippen LogP contribution in [0.25, 0.3) is 17.2 Å². The van der Waals surface area contributed by atoms with Crippen molar-refractivity contribution in [3.63, 3.8) is 0 Å². The van der Waals surface area contributed by atoms with Crippen LogP contribution in [0.2, 0.25) is 0 Å². The molecule has 1 fully saturated rings. The highest BCUT2D eigenvalue weighted by Gasteiger charge is 2.25. The number of carbonyl (C=O) groups is 1. The fraction of sp³-hybridized carbons (Fsp3) is 0.478. The van der Waals surface area contributed by atoms with Crippen LogP contribution in [-0.4, -0.2) is 43.1 Å². The zero-order chi connectivity index (χ0) is 22.9. The highest BCUT2D eigenvalue weighted by molar-refractivity contribution is 5.68. The van der Waals surface area contributed by atoms with Gasteiger partial charge in [0.25, 0.3) is 0 Å². The summed E-state index contributed by atoms with van der Waals surface area (Å²) in [6.45, 7) is 7.62. The van der Waals surface area contributed by atoms with Crippen molar-refractivity contribution in [3.8, 4) is 11.5 Å². The predicted octanol–water partition coefficient (Wildman–Crippen LogP) is 3.93. The van der Waals surface area contributed by atoms with E-state index in [0.717, 1.165) is 42.6 Å². The van der Waals surface area contributed by atoms with Gasteiger partial charge < -0.3 is 21.1 Å². The maximum atomic E-state index is 12.0. The Morgan fingerprint density at radius 1 is 1.12 bits per heavy atom. The van der Waals surface area contributed by atoms with Crippen LogP contribution in [0.1, 0.15) is 52.0 Å². The Hall–Kier alpha value is -3.36. The number of hydrogen-bond acceptors (Lipinski definition) is 7. The van der Waals surface area contributed by atoms with Crippen LogP contribution in [-0.2, 0) is 4.74 Å². The number of amides is 1. The van der Waals surface area contributed by atoms with Gasteiger partial charge in [-0.2, -0.15) is 0 Å². The van der Waals surface area contributed by atoms with Crippen LogP contribution in [0.4, 0.5) is 16.3 Å². The molecule has 32 heavy (non-hydrogen) atoms. The van der Waals surface area contributed by atoms with Crippen molar-refractivity contribution in [3.05, 3.63) is 36.3 Å². The standard InChI is InChI=1S/C23H31N7O2/c1-14-5-10-19-25-12-18(30(19)13-14)21-26-11-17(24)20(29-21)27-15-6-8-16(9-7-15)28-22(31)32-23(2,3)4/h5,10-13,15-16H,6-9,24H2,1-4H3,(H,28,31)(H,26,27,29). The molecule has 170 valence electrons. The molecule has 0 radical (unpaired) electrons. The van der Waals surface area contributed by atoms with E-state index >= 15 is 0 Å². The lowest BCUT2D eigenvalue weighted by Crippen LogP contribution is -2.42. The number of nitrogen functional groups attached to an aromatic ring is 1. The van der Waals surface area contributed by atoms with Gasteiger partial charge in [-0.25, -0.2) is 19.7 Å². The van der Waals surface area contributed by atoms with Crippen molar-refractivity contribution in [1.82, 2.24) is 24.7 Å². The number of nitrogens with zero attached hydrogens (tertiary/aromatic N) is 4. The second kappa shape index (κ2) is 8.64. The Bertz CT molecular complexity index is 1110. The molecule has 1 saturated carbocycles. The molecular formula is C23H31N7O2. The van der Waals surface area contributed by atoms with Gasteiger partial charge in [0.1, 0.15) is 16.9 Å². The normalized spacial score (nSPS) is 19.0. The molecule has 3 heterocycles. The van der Waals surface area contributed by atoms with E-state index in [-0.39, 0.29) is 18.2 Å². The molecule has 4 rings (SSSR count). The van der Waals surface area contributed by atoms with E-state index in [2.05, 4.69) is 20.6 Å². The number of imidazole rings is 1. The highest BCUT2D eigenvalue weighted by Crippen LogP contribution is 2.26. The minimum atomic E-state index is -0.495. The molecule has 9 nitrogen and oxygen atoms in total. The number of alkyl carbamates (subject to hydrolysis) is 1. The van der Waals surface area contributed by atoms with Crippen molar-refractivity contribution >= 4 is 23.2 Å². The van der Waals surface area contributed by atoms with E-state index in [1.165, 1.54) is 0 Å². The fourth-order valence-electron chi connectivity index (χ4n) is 3.93. The first-order valence-electron chi connectivity index (χ1n) is 11.0. The third-order valence-electron chi connectivity index (χ3n) is 5.49. The number of ether oxygens (including phenoxy) is 1. The molecule has 0 bridgehead atoms. The van der Waals surface area contributed by atoms with E-state index in [4.69, 9.17) is 15.5 Å². The third-order valence-corrected chi connectivity index (χ3v) is 5.49. The molecule has 3 aromatic rings. The second-order valence-corrected chi connectivity index (χ2v) is 9.41. The monoisotopic (exact) mass is 437 g/mol. The molecule has 0 spiro atoms. The number of aryl methyl sites for hydroxylation is 1. The van der Waals surface area contributed by atoms with E-state index in [0.29, 0.717) is 17.3 Å². The van der Waals surface area contributed by atoms with Crippen molar-refractivity contribution in [2.75, 3.05) is 11.1 Å². The van der Waals surface area contributed by atoms with Crippen LogP contribution < -0.4 is 16.4 Å². The third kappa shape index (κ3) is 5.09. The predicted molar refractivity (Wildman–Crippen MR) is 124 cm³/mol. The summed E-state index contributed by atoms with van der Waals surface area (Å²) in [4.78, 5) is 25.6. The molecule has 9 heteroatoms. The summed E-state index contributed by atoms with van der Waals surface area (Å²) in [5.41, 5.74) is 8.96. The number of rotatable bonds is 4. The quantitative estimate of drug-likeness (QED) is 0.566. The Morgan fingerprint density at radius 2 is 1.84 bits per heavy atom. The largest absolute Gasteiger partial charge is 0.444 e. The summed E-state index contributed by atoms with van der Waals surface area (Å²) in [6.07, 6.45) is 8.59. The average molecular weight is 438 g/mol. The van der Waals surface area contributed by atoms with E-state index in [1.807, 2.05) is 50.4 Å². The number of hydrogen-bond donors (Lipinski definition) is 3. The summed E-state index contributed by atoms with van der Waals surface area (Å²) in [5, 5.41) is 6.44. The van der Waals surface area contributed by atoms with Gasteiger partial charge in [0, 0.05) is 18.3 Å². The molecular weight excluding hydrogens is 406 g/mol. The summed E-state index contributed by atoms with van der Waals surface area (Å²) < 4.78 is 7.34. The van der Waals surface area contributed by atoms with Gasteiger partial charge in [0.05, 0.1) is 18.1 Å². The Labute approximate surface area is 187 Å². The molecule has 1 amide bonds. The van der Waals surface area contributed by atoms with Gasteiger partial charge in [-0.15, -0.1) is 0 Å². The molecule has 0 aromatic carbocycles. The van der Waals surface area contributed by atoms with Gasteiger partial charge in [-0.1, -0.05) is 6.07 Å². The lowest BCUT2D eigenvalue weighted by Gasteiger charge is -2.31. The summed E-state index contributed by atoms with van der Waals surface area (Å²) in [6, 6.07) is 4.33. The van der Waals surface area contributed by atoms with Crippen LogP contribution in [0.3, 0.4) is 0 Å². The maximum absolute atomic E-state index is 12.0. The first-order chi connectivity index (χ1) is 15.2. The van der Waals surface area contributed by atoms with E-state index in [9.17, 15) is 4.79 Å².